The van der Waals surface area contributed by atoms with Crippen molar-refractivity contribution in [1.29, 1.82) is 0 Å². The van der Waals surface area contributed by atoms with Crippen molar-refractivity contribution in [3.63, 3.8) is 0 Å². The van der Waals surface area contributed by atoms with Gasteiger partial charge >= 0.3 is 11.8 Å². The summed E-state index contributed by atoms with van der Waals surface area (Å²) in [5.74, 6) is -1.85. The van der Waals surface area contributed by atoms with E-state index in [2.05, 4.69) is 15.6 Å². The van der Waals surface area contributed by atoms with E-state index in [-0.39, 0.29) is 18.5 Å². The van der Waals surface area contributed by atoms with Gasteiger partial charge in [0, 0.05) is 36.2 Å². The number of nitrogens with one attached hydrogen (secondary N) is 2. The van der Waals surface area contributed by atoms with E-state index < -0.39 is 17.9 Å². The Bertz CT molecular complexity index is 880. The fraction of sp³-hybridized carbons (Fsp3) is 0.300. The van der Waals surface area contributed by atoms with E-state index in [0.717, 1.165) is 16.8 Å². The van der Waals surface area contributed by atoms with Crippen LogP contribution in [0.2, 0.25) is 0 Å². The van der Waals surface area contributed by atoms with Crippen LogP contribution in [0, 0.1) is 6.92 Å². The van der Waals surface area contributed by atoms with Crippen LogP contribution in [-0.4, -0.2) is 28.7 Å². The molecule has 0 spiro atoms. The van der Waals surface area contributed by atoms with Crippen molar-refractivity contribution in [2.75, 3.05) is 4.90 Å². The van der Waals surface area contributed by atoms with Crippen LogP contribution in [0.5, 0.6) is 0 Å². The zero-order chi connectivity index (χ0) is 19.6. The van der Waals surface area contributed by atoms with Crippen LogP contribution in [0.15, 0.2) is 42.7 Å². The Morgan fingerprint density at radius 2 is 1.85 bits per heavy atom. The SMILES string of the molecule is Cc1ccc2c(c1)C(NC(=O)C(=O)NCc1ccncc1)C(=O)N2C(C)C. The zero-order valence-corrected chi connectivity index (χ0v) is 15.5. The Morgan fingerprint density at radius 1 is 1.15 bits per heavy atom. The summed E-state index contributed by atoms with van der Waals surface area (Å²) in [6.45, 7) is 5.95. The van der Waals surface area contributed by atoms with Gasteiger partial charge in [0.25, 0.3) is 5.91 Å². The molecule has 7 nitrogen and oxygen atoms in total. The number of carbonyl (C=O) groups is 3. The summed E-state index contributed by atoms with van der Waals surface area (Å²) in [6, 6.07) is 8.25. The van der Waals surface area contributed by atoms with Gasteiger partial charge in [-0.15, -0.1) is 0 Å². The molecule has 1 atom stereocenters. The molecule has 0 bridgehead atoms. The molecule has 27 heavy (non-hydrogen) atoms. The number of aromatic nitrogens is 1. The fourth-order valence-corrected chi connectivity index (χ4v) is 3.15. The monoisotopic (exact) mass is 366 g/mol. The van der Waals surface area contributed by atoms with Gasteiger partial charge in [-0.05, 0) is 44.5 Å². The molecule has 0 fully saturated rings. The van der Waals surface area contributed by atoms with Crippen molar-refractivity contribution in [2.24, 2.45) is 0 Å². The van der Waals surface area contributed by atoms with Crippen LogP contribution >= 0.6 is 0 Å². The van der Waals surface area contributed by atoms with Crippen molar-refractivity contribution in [2.45, 2.75) is 39.4 Å². The first-order valence-corrected chi connectivity index (χ1v) is 8.79. The summed E-state index contributed by atoms with van der Waals surface area (Å²) in [4.78, 5) is 42.8. The minimum Gasteiger partial charge on any atom is -0.344 e. The van der Waals surface area contributed by atoms with Gasteiger partial charge in [-0.2, -0.15) is 0 Å². The first-order chi connectivity index (χ1) is 12.9. The van der Waals surface area contributed by atoms with Crippen molar-refractivity contribution < 1.29 is 14.4 Å². The second kappa shape index (κ2) is 7.57. The van der Waals surface area contributed by atoms with Gasteiger partial charge in [0.2, 0.25) is 0 Å². The molecular formula is C20H22N4O3. The number of aryl methyl sites for hydroxylation is 1. The second-order valence-corrected chi connectivity index (χ2v) is 6.81. The minimum atomic E-state index is -0.860. The number of carbonyl (C=O) groups excluding carboxylic acids is 3. The van der Waals surface area contributed by atoms with E-state index in [1.807, 2.05) is 39.0 Å². The summed E-state index contributed by atoms with van der Waals surface area (Å²) in [6.07, 6.45) is 3.22. The lowest BCUT2D eigenvalue weighted by Gasteiger charge is -2.22. The maximum absolute atomic E-state index is 12.8. The highest BCUT2D eigenvalue weighted by Gasteiger charge is 2.40. The molecular weight excluding hydrogens is 344 g/mol. The average Bonchev–Trinajstić information content (AvgIpc) is 2.92. The first-order valence-electron chi connectivity index (χ1n) is 8.79. The Morgan fingerprint density at radius 3 is 2.52 bits per heavy atom. The summed E-state index contributed by atoms with van der Waals surface area (Å²) in [5, 5.41) is 5.13. The first kappa shape index (κ1) is 18.6. The number of fused-ring (bicyclic) bond motifs is 1. The summed E-state index contributed by atoms with van der Waals surface area (Å²) >= 11 is 0. The van der Waals surface area contributed by atoms with Crippen LogP contribution in [0.3, 0.4) is 0 Å². The molecule has 1 aromatic heterocycles. The van der Waals surface area contributed by atoms with Gasteiger partial charge in [-0.1, -0.05) is 17.7 Å². The van der Waals surface area contributed by atoms with E-state index in [0.29, 0.717) is 5.56 Å². The lowest BCUT2D eigenvalue weighted by Crippen LogP contribution is -2.45. The molecule has 0 saturated carbocycles. The molecule has 3 rings (SSSR count). The summed E-state index contributed by atoms with van der Waals surface area (Å²) in [5.41, 5.74) is 3.29. The standard InChI is InChI=1S/C20H22N4O3/c1-12(2)24-16-5-4-13(3)10-15(16)17(20(24)27)23-19(26)18(25)22-11-14-6-8-21-9-7-14/h4-10,12,17H,11H2,1-3H3,(H,22,25)(H,23,26). The van der Waals surface area contributed by atoms with E-state index in [1.165, 1.54) is 0 Å². The molecule has 1 aromatic carbocycles. The third-order valence-corrected chi connectivity index (χ3v) is 4.44. The van der Waals surface area contributed by atoms with E-state index in [9.17, 15) is 14.4 Å². The molecule has 2 heterocycles. The molecule has 3 amide bonds. The summed E-state index contributed by atoms with van der Waals surface area (Å²) in [7, 11) is 0. The maximum atomic E-state index is 12.8. The topological polar surface area (TPSA) is 91.4 Å². The number of nitrogens with zero attached hydrogens (tertiary/aromatic N) is 2. The smallest absolute Gasteiger partial charge is 0.310 e. The van der Waals surface area contributed by atoms with E-state index in [1.54, 1.807) is 29.4 Å². The van der Waals surface area contributed by atoms with Gasteiger partial charge < -0.3 is 15.5 Å². The lowest BCUT2D eigenvalue weighted by molar-refractivity contribution is -0.140. The predicted molar refractivity (Wildman–Crippen MR) is 101 cm³/mol. The second-order valence-electron chi connectivity index (χ2n) is 6.81. The molecule has 2 aromatic rings. The number of pyridine rings is 1. The molecule has 1 aliphatic heterocycles. The molecule has 0 saturated heterocycles. The Hall–Kier alpha value is -3.22. The summed E-state index contributed by atoms with van der Waals surface area (Å²) < 4.78 is 0. The highest BCUT2D eigenvalue weighted by molar-refractivity contribution is 6.35. The van der Waals surface area contributed by atoms with Crippen LogP contribution in [0.25, 0.3) is 0 Å². The quantitative estimate of drug-likeness (QED) is 0.805. The number of benzene rings is 1. The number of rotatable bonds is 4. The Balaban J connectivity index is 1.72. The molecule has 140 valence electrons. The number of amides is 3. The zero-order valence-electron chi connectivity index (χ0n) is 15.5. The minimum absolute atomic E-state index is 0.0543. The maximum Gasteiger partial charge on any atom is 0.310 e. The molecule has 2 N–H and O–H groups in total. The van der Waals surface area contributed by atoms with Gasteiger partial charge in [-0.3, -0.25) is 19.4 Å². The number of anilines is 1. The molecule has 0 aliphatic carbocycles. The normalized spacial score (nSPS) is 15.6. The van der Waals surface area contributed by atoms with Gasteiger partial charge in [0.1, 0.15) is 6.04 Å². The van der Waals surface area contributed by atoms with Crippen molar-refractivity contribution in [3.05, 3.63) is 59.4 Å². The average molecular weight is 366 g/mol. The van der Waals surface area contributed by atoms with Gasteiger partial charge in [0.15, 0.2) is 0 Å². The highest BCUT2D eigenvalue weighted by atomic mass is 16.2. The predicted octanol–water partition coefficient (Wildman–Crippen LogP) is 1.62. The van der Waals surface area contributed by atoms with Crippen LogP contribution < -0.4 is 15.5 Å². The molecule has 1 unspecified atom stereocenters. The lowest BCUT2D eigenvalue weighted by atomic mass is 10.1. The van der Waals surface area contributed by atoms with Crippen molar-refractivity contribution in [3.8, 4) is 0 Å². The van der Waals surface area contributed by atoms with Crippen LogP contribution in [-0.2, 0) is 20.9 Å². The molecule has 0 radical (unpaired) electrons. The van der Waals surface area contributed by atoms with Crippen LogP contribution in [0.1, 0.15) is 36.6 Å². The van der Waals surface area contributed by atoms with Crippen molar-refractivity contribution >= 4 is 23.4 Å². The molecule has 1 aliphatic rings. The van der Waals surface area contributed by atoms with Crippen LogP contribution in [0.4, 0.5) is 5.69 Å². The fourth-order valence-electron chi connectivity index (χ4n) is 3.15. The third kappa shape index (κ3) is 3.81. The number of hydrogen-bond acceptors (Lipinski definition) is 4. The highest BCUT2D eigenvalue weighted by Crippen LogP contribution is 2.37. The Kier molecular flexibility index (Phi) is 5.21. The molecule has 7 heteroatoms. The Labute approximate surface area is 157 Å². The van der Waals surface area contributed by atoms with E-state index >= 15 is 0 Å². The van der Waals surface area contributed by atoms with E-state index in [4.69, 9.17) is 0 Å². The number of hydrogen-bond donors (Lipinski definition) is 2. The van der Waals surface area contributed by atoms with Gasteiger partial charge in [-0.25, -0.2) is 0 Å². The third-order valence-electron chi connectivity index (χ3n) is 4.44. The largest absolute Gasteiger partial charge is 0.344 e. The van der Waals surface area contributed by atoms with Crippen molar-refractivity contribution in [1.82, 2.24) is 15.6 Å². The van der Waals surface area contributed by atoms with Gasteiger partial charge in [0.05, 0.1) is 0 Å².